The predicted molar refractivity (Wildman–Crippen MR) is 88.4 cm³/mol. The number of hydrogen-bond acceptors (Lipinski definition) is 2. The van der Waals surface area contributed by atoms with Gasteiger partial charge in [0.1, 0.15) is 12.4 Å². The molecule has 0 atom stereocenters. The van der Waals surface area contributed by atoms with Crippen LogP contribution in [-0.4, -0.2) is 12.1 Å². The summed E-state index contributed by atoms with van der Waals surface area (Å²) in [4.78, 5) is 0. The van der Waals surface area contributed by atoms with Gasteiger partial charge in [0.05, 0.1) is 11.2 Å². The number of benzene rings is 1. The molecular weight excluding hydrogens is 234 g/mol. The van der Waals surface area contributed by atoms with Crippen molar-refractivity contribution in [1.29, 1.82) is 0 Å². The molecule has 112 valence electrons. The molecule has 1 heterocycles. The van der Waals surface area contributed by atoms with Crippen LogP contribution < -0.4 is 10.1 Å². The lowest BCUT2D eigenvalue weighted by atomic mass is 10.0. The number of aryl methyl sites for hydroxylation is 1. The second kappa shape index (κ2) is 10.7. The van der Waals surface area contributed by atoms with Crippen LogP contribution in [0.3, 0.4) is 0 Å². The third-order valence-electron chi connectivity index (χ3n) is 2.20. The first kappa shape index (κ1) is 20.1. The molecule has 0 bridgehead atoms. The van der Waals surface area contributed by atoms with Crippen molar-refractivity contribution in [1.82, 2.24) is 0 Å². The van der Waals surface area contributed by atoms with Crippen LogP contribution in [0.1, 0.15) is 61.0 Å². The van der Waals surface area contributed by atoms with E-state index in [4.69, 9.17) is 4.74 Å². The van der Waals surface area contributed by atoms with E-state index in [9.17, 15) is 0 Å². The second-order valence-electron chi connectivity index (χ2n) is 4.30. The molecule has 2 heteroatoms. The summed E-state index contributed by atoms with van der Waals surface area (Å²) < 4.78 is 5.63. The maximum absolute atomic E-state index is 5.63. The van der Waals surface area contributed by atoms with Crippen LogP contribution in [0.25, 0.3) is 0 Å². The fourth-order valence-electron chi connectivity index (χ4n) is 1.53. The molecule has 1 aromatic carbocycles. The van der Waals surface area contributed by atoms with E-state index in [1.54, 1.807) is 0 Å². The molecule has 19 heavy (non-hydrogen) atoms. The molecule has 0 aliphatic carbocycles. The van der Waals surface area contributed by atoms with Gasteiger partial charge in [-0.05, 0) is 38.5 Å². The van der Waals surface area contributed by atoms with Crippen LogP contribution >= 0.6 is 0 Å². The number of rotatable bonds is 0. The Kier molecular flexibility index (Phi) is 11.4. The van der Waals surface area contributed by atoms with Gasteiger partial charge in [0.15, 0.2) is 0 Å². The highest BCUT2D eigenvalue weighted by Gasteiger charge is 2.25. The standard InChI is InChI=1S/C11H15NO.3C2H6/c1-8-4-5-10-9(6-8)12-11(2,3)7-13-10;3*1-2/h4-6,12H,7H2,1-3H3;3*1-2H3. The molecule has 1 aromatic rings. The Labute approximate surface area is 120 Å². The molecule has 1 N–H and O–H groups in total. The first-order valence-corrected chi connectivity index (χ1v) is 7.58. The van der Waals surface area contributed by atoms with E-state index in [2.05, 4.69) is 38.2 Å². The van der Waals surface area contributed by atoms with Gasteiger partial charge in [-0.15, -0.1) is 0 Å². The zero-order valence-electron chi connectivity index (χ0n) is 14.3. The quantitative estimate of drug-likeness (QED) is 0.655. The fraction of sp³-hybridized carbons (Fsp3) is 0.647. The SMILES string of the molecule is CC.CC.CC.Cc1ccc2c(c1)NC(C)(C)CO2. The minimum absolute atomic E-state index is 0.0425. The number of anilines is 1. The zero-order chi connectivity index (χ0) is 15.5. The maximum Gasteiger partial charge on any atom is 0.142 e. The Bertz CT molecular complexity index is 332. The summed E-state index contributed by atoms with van der Waals surface area (Å²) >= 11 is 0. The summed E-state index contributed by atoms with van der Waals surface area (Å²) in [5, 5.41) is 3.45. The number of nitrogens with one attached hydrogen (secondary N) is 1. The third kappa shape index (κ3) is 7.09. The van der Waals surface area contributed by atoms with Gasteiger partial charge in [0.25, 0.3) is 0 Å². The van der Waals surface area contributed by atoms with E-state index in [1.165, 1.54) is 5.56 Å². The first-order valence-electron chi connectivity index (χ1n) is 7.58. The fourth-order valence-corrected chi connectivity index (χ4v) is 1.53. The van der Waals surface area contributed by atoms with Crippen LogP contribution in [0.5, 0.6) is 5.75 Å². The molecule has 0 spiro atoms. The van der Waals surface area contributed by atoms with Gasteiger partial charge in [0.2, 0.25) is 0 Å². The van der Waals surface area contributed by atoms with E-state index in [-0.39, 0.29) is 5.54 Å². The van der Waals surface area contributed by atoms with Gasteiger partial charge in [-0.3, -0.25) is 0 Å². The van der Waals surface area contributed by atoms with Gasteiger partial charge in [-0.2, -0.15) is 0 Å². The third-order valence-corrected chi connectivity index (χ3v) is 2.20. The van der Waals surface area contributed by atoms with Crippen LogP contribution in [0.4, 0.5) is 5.69 Å². The minimum Gasteiger partial charge on any atom is -0.489 e. The summed E-state index contributed by atoms with van der Waals surface area (Å²) in [6.45, 7) is 19.1. The van der Waals surface area contributed by atoms with Crippen LogP contribution in [0, 0.1) is 6.92 Å². The molecule has 0 aromatic heterocycles. The van der Waals surface area contributed by atoms with Gasteiger partial charge in [0, 0.05) is 0 Å². The molecule has 1 aliphatic heterocycles. The normalized spacial score (nSPS) is 13.5. The average Bonchev–Trinajstić information content (AvgIpc) is 2.44. The Morgan fingerprint density at radius 3 is 2.05 bits per heavy atom. The second-order valence-corrected chi connectivity index (χ2v) is 4.30. The van der Waals surface area contributed by atoms with Crippen molar-refractivity contribution < 1.29 is 4.74 Å². The highest BCUT2D eigenvalue weighted by molar-refractivity contribution is 5.60. The molecule has 0 saturated carbocycles. The molecule has 1 aliphatic rings. The van der Waals surface area contributed by atoms with Crippen molar-refractivity contribution in [3.05, 3.63) is 23.8 Å². The monoisotopic (exact) mass is 267 g/mol. The van der Waals surface area contributed by atoms with Crippen molar-refractivity contribution in [3.8, 4) is 5.75 Å². The number of fused-ring (bicyclic) bond motifs is 1. The first-order chi connectivity index (χ1) is 9.07. The molecule has 0 amide bonds. The van der Waals surface area contributed by atoms with Crippen molar-refractivity contribution in [2.45, 2.75) is 67.9 Å². The van der Waals surface area contributed by atoms with E-state index in [0.717, 1.165) is 18.0 Å². The molecule has 2 rings (SSSR count). The number of hydrogen-bond donors (Lipinski definition) is 1. The van der Waals surface area contributed by atoms with Crippen molar-refractivity contribution in [2.24, 2.45) is 0 Å². The summed E-state index contributed by atoms with van der Waals surface area (Å²) in [5.74, 6) is 0.963. The minimum atomic E-state index is 0.0425. The topological polar surface area (TPSA) is 21.3 Å². The van der Waals surface area contributed by atoms with E-state index in [0.29, 0.717) is 0 Å². The zero-order valence-corrected chi connectivity index (χ0v) is 14.3. The lowest BCUT2D eigenvalue weighted by Gasteiger charge is -2.33. The summed E-state index contributed by atoms with van der Waals surface area (Å²) in [6, 6.07) is 6.21. The van der Waals surface area contributed by atoms with Gasteiger partial charge in [-0.25, -0.2) is 0 Å². The predicted octanol–water partition coefficient (Wildman–Crippen LogP) is 5.66. The Morgan fingerprint density at radius 2 is 1.53 bits per heavy atom. The Hall–Kier alpha value is -1.18. The maximum atomic E-state index is 5.63. The van der Waals surface area contributed by atoms with E-state index < -0.39 is 0 Å². The Morgan fingerprint density at radius 1 is 1.00 bits per heavy atom. The van der Waals surface area contributed by atoms with Crippen LogP contribution in [-0.2, 0) is 0 Å². The number of ether oxygens (including phenoxy) is 1. The van der Waals surface area contributed by atoms with Crippen molar-refractivity contribution in [2.75, 3.05) is 11.9 Å². The molecule has 0 unspecified atom stereocenters. The van der Waals surface area contributed by atoms with E-state index >= 15 is 0 Å². The largest absolute Gasteiger partial charge is 0.489 e. The Balaban J connectivity index is 0. The molecule has 0 saturated heterocycles. The van der Waals surface area contributed by atoms with Crippen molar-refractivity contribution >= 4 is 5.69 Å². The highest BCUT2D eigenvalue weighted by Crippen LogP contribution is 2.32. The van der Waals surface area contributed by atoms with Crippen LogP contribution in [0.15, 0.2) is 18.2 Å². The lowest BCUT2D eigenvalue weighted by molar-refractivity contribution is 0.242. The average molecular weight is 267 g/mol. The summed E-state index contributed by atoms with van der Waals surface area (Å²) in [6.07, 6.45) is 0. The molecule has 2 nitrogen and oxygen atoms in total. The van der Waals surface area contributed by atoms with Gasteiger partial charge >= 0.3 is 0 Å². The van der Waals surface area contributed by atoms with Crippen LogP contribution in [0.2, 0.25) is 0 Å². The molecular formula is C17H33NO. The van der Waals surface area contributed by atoms with Crippen molar-refractivity contribution in [3.63, 3.8) is 0 Å². The summed E-state index contributed by atoms with van der Waals surface area (Å²) in [7, 11) is 0. The molecule has 0 fully saturated rings. The molecule has 0 radical (unpaired) electrons. The van der Waals surface area contributed by atoms with Gasteiger partial charge < -0.3 is 10.1 Å². The smallest absolute Gasteiger partial charge is 0.142 e. The highest BCUT2D eigenvalue weighted by atomic mass is 16.5. The van der Waals surface area contributed by atoms with E-state index in [1.807, 2.05) is 47.6 Å². The van der Waals surface area contributed by atoms with Gasteiger partial charge in [-0.1, -0.05) is 47.6 Å². The lowest BCUT2D eigenvalue weighted by Crippen LogP contribution is -2.40. The summed E-state index contributed by atoms with van der Waals surface area (Å²) in [5.41, 5.74) is 2.41.